The van der Waals surface area contributed by atoms with Crippen LogP contribution in [0.5, 0.6) is 11.6 Å². The normalized spacial score (nSPS) is 11.0. The Morgan fingerprint density at radius 3 is 2.43 bits per heavy atom. The zero-order chi connectivity index (χ0) is 15.4. The van der Waals surface area contributed by atoms with Gasteiger partial charge in [0.05, 0.1) is 0 Å². The smallest absolute Gasteiger partial charge is 0.226 e. The Morgan fingerprint density at radius 1 is 1.19 bits per heavy atom. The molecule has 5 heteroatoms. The second kappa shape index (κ2) is 6.87. The van der Waals surface area contributed by atoms with E-state index in [0.29, 0.717) is 29.0 Å². The molecular formula is C16H19ClN2O2. The van der Waals surface area contributed by atoms with Crippen molar-refractivity contribution in [3.63, 3.8) is 0 Å². The maximum absolute atomic E-state index is 8.91. The lowest BCUT2D eigenvalue weighted by Gasteiger charge is -2.12. The molecule has 1 N–H and O–H groups in total. The molecule has 0 bridgehead atoms. The van der Waals surface area contributed by atoms with Crippen molar-refractivity contribution in [3.05, 3.63) is 46.4 Å². The Kier molecular flexibility index (Phi) is 5.15. The lowest BCUT2D eigenvalue weighted by Crippen LogP contribution is -2.02. The third kappa shape index (κ3) is 3.93. The van der Waals surface area contributed by atoms with Crippen molar-refractivity contribution in [1.82, 2.24) is 9.97 Å². The third-order valence-corrected chi connectivity index (χ3v) is 3.48. The van der Waals surface area contributed by atoms with Gasteiger partial charge in [-0.2, -0.15) is 4.98 Å². The zero-order valence-corrected chi connectivity index (χ0v) is 13.2. The molecule has 2 aromatic rings. The van der Waals surface area contributed by atoms with E-state index in [1.807, 2.05) is 45.0 Å². The van der Waals surface area contributed by atoms with Gasteiger partial charge in [0.1, 0.15) is 16.7 Å². The number of halogens is 1. The molecule has 0 saturated heterocycles. The van der Waals surface area contributed by atoms with E-state index in [1.54, 1.807) is 0 Å². The van der Waals surface area contributed by atoms with Crippen LogP contribution in [0.3, 0.4) is 0 Å². The molecule has 0 amide bonds. The minimum absolute atomic E-state index is 0.137. The van der Waals surface area contributed by atoms with E-state index < -0.39 is 0 Å². The molecule has 0 aliphatic carbocycles. The van der Waals surface area contributed by atoms with Crippen LogP contribution in [0, 0.1) is 6.92 Å². The fourth-order valence-electron chi connectivity index (χ4n) is 1.81. The molecule has 0 atom stereocenters. The number of rotatable bonds is 5. The molecule has 21 heavy (non-hydrogen) atoms. The Hall–Kier alpha value is -1.65. The van der Waals surface area contributed by atoms with E-state index >= 15 is 0 Å². The molecule has 112 valence electrons. The Bertz CT molecular complexity index is 612. The van der Waals surface area contributed by atoms with Gasteiger partial charge in [0.2, 0.25) is 5.88 Å². The van der Waals surface area contributed by atoms with Crippen LogP contribution in [0.1, 0.15) is 36.7 Å². The topological polar surface area (TPSA) is 55.2 Å². The molecule has 2 rings (SSSR count). The molecule has 0 aliphatic heterocycles. The molecule has 0 saturated carbocycles. The van der Waals surface area contributed by atoms with Crippen molar-refractivity contribution in [2.75, 3.05) is 6.61 Å². The van der Waals surface area contributed by atoms with Gasteiger partial charge in [-0.15, -0.1) is 0 Å². The molecular weight excluding hydrogens is 288 g/mol. The number of aliphatic hydroxyl groups is 1. The van der Waals surface area contributed by atoms with Gasteiger partial charge in [-0.1, -0.05) is 37.6 Å². The Labute approximate surface area is 129 Å². The van der Waals surface area contributed by atoms with Crippen molar-refractivity contribution in [3.8, 4) is 11.6 Å². The standard InChI is InChI=1S/C16H19ClN2O2/c1-10(2)15-18-14(17)11(3)16(19-15)21-13-6-4-12(5-7-13)8-9-20/h4-7,10,20H,8-9H2,1-3H3. The number of benzene rings is 1. The van der Waals surface area contributed by atoms with E-state index in [0.717, 1.165) is 11.1 Å². The SMILES string of the molecule is Cc1c(Cl)nc(C(C)C)nc1Oc1ccc(CCO)cc1. The van der Waals surface area contributed by atoms with Gasteiger partial charge in [0.25, 0.3) is 0 Å². The first-order valence-corrected chi connectivity index (χ1v) is 7.30. The van der Waals surface area contributed by atoms with E-state index in [-0.39, 0.29) is 12.5 Å². The maximum Gasteiger partial charge on any atom is 0.226 e. The van der Waals surface area contributed by atoms with E-state index in [1.165, 1.54) is 0 Å². The first kappa shape index (κ1) is 15.7. The predicted molar refractivity (Wildman–Crippen MR) is 83.2 cm³/mol. The summed E-state index contributed by atoms with van der Waals surface area (Å²) in [6.45, 7) is 5.99. The molecule has 0 aliphatic rings. The molecule has 1 aromatic carbocycles. The zero-order valence-electron chi connectivity index (χ0n) is 12.4. The fraction of sp³-hybridized carbons (Fsp3) is 0.375. The highest BCUT2D eigenvalue weighted by atomic mass is 35.5. The minimum atomic E-state index is 0.137. The highest BCUT2D eigenvalue weighted by Gasteiger charge is 2.13. The van der Waals surface area contributed by atoms with Crippen LogP contribution in [-0.2, 0) is 6.42 Å². The summed E-state index contributed by atoms with van der Waals surface area (Å²) in [5.41, 5.74) is 1.78. The molecule has 0 radical (unpaired) electrons. The number of ether oxygens (including phenoxy) is 1. The second-order valence-electron chi connectivity index (χ2n) is 5.18. The number of nitrogens with zero attached hydrogens (tertiary/aromatic N) is 2. The molecule has 4 nitrogen and oxygen atoms in total. The average Bonchev–Trinajstić information content (AvgIpc) is 2.45. The summed E-state index contributed by atoms with van der Waals surface area (Å²) in [5, 5.41) is 9.33. The highest BCUT2D eigenvalue weighted by molar-refractivity contribution is 6.30. The van der Waals surface area contributed by atoms with Gasteiger partial charge in [-0.3, -0.25) is 0 Å². The Morgan fingerprint density at radius 2 is 1.86 bits per heavy atom. The third-order valence-electron chi connectivity index (χ3n) is 3.11. The second-order valence-corrected chi connectivity index (χ2v) is 5.54. The van der Waals surface area contributed by atoms with Crippen molar-refractivity contribution in [1.29, 1.82) is 0 Å². The molecule has 1 heterocycles. The summed E-state index contributed by atoms with van der Waals surface area (Å²) in [5.74, 6) is 2.01. The number of aromatic nitrogens is 2. The van der Waals surface area contributed by atoms with Gasteiger partial charge < -0.3 is 9.84 Å². The van der Waals surface area contributed by atoms with Crippen LogP contribution < -0.4 is 4.74 Å². The summed E-state index contributed by atoms with van der Waals surface area (Å²) in [4.78, 5) is 8.69. The summed E-state index contributed by atoms with van der Waals surface area (Å²) in [6.07, 6.45) is 0.635. The predicted octanol–water partition coefficient (Wildman–Crippen LogP) is 3.89. The quantitative estimate of drug-likeness (QED) is 0.851. The van der Waals surface area contributed by atoms with Gasteiger partial charge in [-0.25, -0.2) is 4.98 Å². The van der Waals surface area contributed by atoms with Gasteiger partial charge in [0, 0.05) is 18.1 Å². The first-order chi connectivity index (χ1) is 10.0. The monoisotopic (exact) mass is 306 g/mol. The summed E-state index contributed by atoms with van der Waals surface area (Å²) in [7, 11) is 0. The van der Waals surface area contributed by atoms with Crippen LogP contribution >= 0.6 is 11.6 Å². The van der Waals surface area contributed by atoms with Crippen molar-refractivity contribution in [2.24, 2.45) is 0 Å². The first-order valence-electron chi connectivity index (χ1n) is 6.93. The number of hydrogen-bond acceptors (Lipinski definition) is 4. The molecule has 0 unspecified atom stereocenters. The largest absolute Gasteiger partial charge is 0.439 e. The van der Waals surface area contributed by atoms with Crippen molar-refractivity contribution < 1.29 is 9.84 Å². The Balaban J connectivity index is 2.26. The van der Waals surface area contributed by atoms with Crippen LogP contribution in [-0.4, -0.2) is 21.7 Å². The van der Waals surface area contributed by atoms with Crippen LogP contribution in [0.15, 0.2) is 24.3 Å². The van der Waals surface area contributed by atoms with Crippen molar-refractivity contribution in [2.45, 2.75) is 33.1 Å². The van der Waals surface area contributed by atoms with Crippen LogP contribution in [0.25, 0.3) is 0 Å². The minimum Gasteiger partial charge on any atom is -0.439 e. The van der Waals surface area contributed by atoms with Gasteiger partial charge in [-0.05, 0) is 31.0 Å². The number of aliphatic hydroxyl groups excluding tert-OH is 1. The highest BCUT2D eigenvalue weighted by Crippen LogP contribution is 2.28. The molecule has 0 fully saturated rings. The van der Waals surface area contributed by atoms with Gasteiger partial charge in [0.15, 0.2) is 0 Å². The van der Waals surface area contributed by atoms with Crippen LogP contribution in [0.2, 0.25) is 5.15 Å². The van der Waals surface area contributed by atoms with Gasteiger partial charge >= 0.3 is 0 Å². The fourth-order valence-corrected chi connectivity index (χ4v) is 1.98. The lowest BCUT2D eigenvalue weighted by atomic mass is 10.1. The van der Waals surface area contributed by atoms with Crippen molar-refractivity contribution >= 4 is 11.6 Å². The summed E-state index contributed by atoms with van der Waals surface area (Å²) < 4.78 is 5.82. The lowest BCUT2D eigenvalue weighted by molar-refractivity contribution is 0.299. The number of hydrogen-bond donors (Lipinski definition) is 1. The molecule has 0 spiro atoms. The van der Waals surface area contributed by atoms with E-state index in [4.69, 9.17) is 21.4 Å². The van der Waals surface area contributed by atoms with E-state index in [2.05, 4.69) is 9.97 Å². The maximum atomic E-state index is 8.91. The average molecular weight is 307 g/mol. The summed E-state index contributed by atoms with van der Waals surface area (Å²) >= 11 is 6.14. The summed E-state index contributed by atoms with van der Waals surface area (Å²) in [6, 6.07) is 7.56. The molecule has 1 aromatic heterocycles. The van der Waals surface area contributed by atoms with Crippen LogP contribution in [0.4, 0.5) is 0 Å². The van der Waals surface area contributed by atoms with E-state index in [9.17, 15) is 0 Å².